The Kier molecular flexibility index (Phi) is 6.78. The van der Waals surface area contributed by atoms with Gasteiger partial charge in [-0.2, -0.15) is 0 Å². The molecule has 5 aromatic rings. The van der Waals surface area contributed by atoms with Crippen LogP contribution in [-0.4, -0.2) is 23.0 Å². The van der Waals surface area contributed by atoms with Gasteiger partial charge in [0.2, 0.25) is 5.91 Å². The summed E-state index contributed by atoms with van der Waals surface area (Å²) in [6.45, 7) is 3.77. The van der Waals surface area contributed by atoms with Gasteiger partial charge >= 0.3 is 11.6 Å². The molecule has 1 amide bonds. The van der Waals surface area contributed by atoms with Crippen molar-refractivity contribution >= 4 is 45.4 Å². The number of carbonyl (C=O) groups is 2. The number of furan rings is 1. The van der Waals surface area contributed by atoms with Crippen LogP contribution in [0.15, 0.2) is 80.6 Å². The van der Waals surface area contributed by atoms with Crippen molar-refractivity contribution in [2.75, 3.05) is 0 Å². The largest absolute Gasteiger partial charge is 0.480 e. The molecule has 2 aromatic heterocycles. The maximum Gasteiger partial charge on any atom is 0.340 e. The first-order chi connectivity index (χ1) is 18.2. The van der Waals surface area contributed by atoms with Crippen LogP contribution >= 0.6 is 11.6 Å². The molecule has 0 aliphatic rings. The molecule has 8 heteroatoms. The molecule has 1 atom stereocenters. The summed E-state index contributed by atoms with van der Waals surface area (Å²) in [7, 11) is 0. The maximum absolute atomic E-state index is 12.9. The summed E-state index contributed by atoms with van der Waals surface area (Å²) in [5, 5.41) is 14.2. The molecule has 0 saturated heterocycles. The zero-order valence-electron chi connectivity index (χ0n) is 20.7. The molecule has 0 spiro atoms. The highest BCUT2D eigenvalue weighted by molar-refractivity contribution is 6.30. The van der Waals surface area contributed by atoms with Crippen molar-refractivity contribution in [1.82, 2.24) is 5.32 Å². The van der Waals surface area contributed by atoms with Gasteiger partial charge in [0.1, 0.15) is 17.2 Å². The van der Waals surface area contributed by atoms with Crippen molar-refractivity contribution in [3.63, 3.8) is 0 Å². The predicted molar refractivity (Wildman–Crippen MR) is 146 cm³/mol. The molecule has 0 aliphatic carbocycles. The molecule has 0 aliphatic heterocycles. The zero-order valence-corrected chi connectivity index (χ0v) is 21.5. The van der Waals surface area contributed by atoms with E-state index in [1.165, 1.54) is 0 Å². The topological polar surface area (TPSA) is 110 Å². The normalized spacial score (nSPS) is 12.1. The number of rotatable bonds is 7. The van der Waals surface area contributed by atoms with Gasteiger partial charge in [-0.1, -0.05) is 53.6 Å². The Hall–Kier alpha value is -4.36. The minimum Gasteiger partial charge on any atom is -0.480 e. The minimum absolute atomic E-state index is 0.0732. The molecule has 192 valence electrons. The van der Waals surface area contributed by atoms with Crippen molar-refractivity contribution in [2.24, 2.45) is 0 Å². The van der Waals surface area contributed by atoms with Crippen LogP contribution < -0.4 is 10.9 Å². The fourth-order valence-electron chi connectivity index (χ4n) is 4.53. The number of aliphatic carboxylic acids is 1. The number of fused-ring (bicyclic) bond motifs is 2. The van der Waals surface area contributed by atoms with Gasteiger partial charge in [0.15, 0.2) is 0 Å². The number of carboxylic acid groups (broad SMARTS) is 1. The van der Waals surface area contributed by atoms with E-state index >= 15 is 0 Å². The lowest BCUT2D eigenvalue weighted by Crippen LogP contribution is -2.43. The minimum atomic E-state index is -1.18. The number of carboxylic acids is 1. The van der Waals surface area contributed by atoms with E-state index in [-0.39, 0.29) is 18.4 Å². The molecular formula is C30H24ClNO6. The third-order valence-corrected chi connectivity index (χ3v) is 6.92. The van der Waals surface area contributed by atoms with Crippen LogP contribution in [0.3, 0.4) is 0 Å². The SMILES string of the molecule is Cc1ccc(-c2coc3cc4oc(=O)c(CC(=O)NC(Cc5ccc(Cl)cc5)C(=O)O)c(C)c4cc23)cc1. The average Bonchev–Trinajstić information content (AvgIpc) is 3.29. The van der Waals surface area contributed by atoms with Crippen LogP contribution in [0.25, 0.3) is 33.1 Å². The summed E-state index contributed by atoms with van der Waals surface area (Å²) in [6.07, 6.45) is 1.43. The second-order valence-corrected chi connectivity index (χ2v) is 9.76. The van der Waals surface area contributed by atoms with E-state index in [0.717, 1.165) is 22.1 Å². The van der Waals surface area contributed by atoms with Crippen molar-refractivity contribution in [3.8, 4) is 11.1 Å². The van der Waals surface area contributed by atoms with Crippen LogP contribution in [0.4, 0.5) is 0 Å². The highest BCUT2D eigenvalue weighted by atomic mass is 35.5. The molecule has 1 unspecified atom stereocenters. The standard InChI is InChI=1S/C30H24ClNO6/c1-16-3-7-19(8-4-16)24-15-37-26-14-27-21(12-23(24)26)17(2)22(30(36)38-27)13-28(33)32-25(29(34)35)11-18-5-9-20(31)10-6-18/h3-10,12,14-15,25H,11,13H2,1-2H3,(H,32,33)(H,34,35). The highest BCUT2D eigenvalue weighted by Gasteiger charge is 2.23. The Morgan fingerprint density at radius 2 is 1.68 bits per heavy atom. The van der Waals surface area contributed by atoms with Crippen molar-refractivity contribution in [3.05, 3.63) is 105 Å². The molecule has 2 heterocycles. The lowest BCUT2D eigenvalue weighted by Gasteiger charge is -2.15. The predicted octanol–water partition coefficient (Wildman–Crippen LogP) is 5.83. The van der Waals surface area contributed by atoms with Gasteiger partial charge in [-0.25, -0.2) is 9.59 Å². The summed E-state index contributed by atoms with van der Waals surface area (Å²) in [6, 6.07) is 17.2. The molecule has 5 rings (SSSR count). The van der Waals surface area contributed by atoms with Gasteiger partial charge in [-0.3, -0.25) is 4.79 Å². The van der Waals surface area contributed by atoms with Gasteiger partial charge in [-0.15, -0.1) is 0 Å². The molecule has 0 radical (unpaired) electrons. The molecule has 7 nitrogen and oxygen atoms in total. The number of hydrogen-bond acceptors (Lipinski definition) is 5. The number of nitrogens with one attached hydrogen (secondary N) is 1. The Balaban J connectivity index is 1.45. The van der Waals surface area contributed by atoms with E-state index in [1.807, 2.05) is 37.3 Å². The van der Waals surface area contributed by atoms with E-state index in [1.54, 1.807) is 43.5 Å². The quantitative estimate of drug-likeness (QED) is 0.257. The van der Waals surface area contributed by atoms with E-state index in [4.69, 9.17) is 20.4 Å². The third kappa shape index (κ3) is 5.06. The molecule has 0 bridgehead atoms. The van der Waals surface area contributed by atoms with Gasteiger partial charge in [0, 0.05) is 33.8 Å². The van der Waals surface area contributed by atoms with Gasteiger partial charge < -0.3 is 19.3 Å². The van der Waals surface area contributed by atoms with E-state index < -0.39 is 23.5 Å². The molecule has 0 saturated carbocycles. The summed E-state index contributed by atoms with van der Waals surface area (Å²) in [5.74, 6) is -1.77. The van der Waals surface area contributed by atoms with E-state index in [9.17, 15) is 19.5 Å². The first kappa shape index (κ1) is 25.3. The summed E-state index contributed by atoms with van der Waals surface area (Å²) in [4.78, 5) is 37.5. The molecular weight excluding hydrogens is 506 g/mol. The molecule has 2 N–H and O–H groups in total. The Labute approximate surface area is 222 Å². The number of aryl methyl sites for hydroxylation is 2. The van der Waals surface area contributed by atoms with E-state index in [2.05, 4.69) is 5.32 Å². The molecule has 3 aromatic carbocycles. The number of carbonyl (C=O) groups excluding carboxylic acids is 1. The fourth-order valence-corrected chi connectivity index (χ4v) is 4.66. The Bertz CT molecular complexity index is 1730. The fraction of sp³-hybridized carbons (Fsp3) is 0.167. The van der Waals surface area contributed by atoms with Crippen molar-refractivity contribution < 1.29 is 23.5 Å². The number of benzene rings is 3. The highest BCUT2D eigenvalue weighted by Crippen LogP contribution is 2.34. The summed E-state index contributed by atoms with van der Waals surface area (Å²) in [5.41, 5.74) is 4.77. The Morgan fingerprint density at radius 3 is 2.37 bits per heavy atom. The van der Waals surface area contributed by atoms with Crippen LogP contribution in [-0.2, 0) is 22.4 Å². The lowest BCUT2D eigenvalue weighted by molar-refractivity contribution is -0.141. The first-order valence-electron chi connectivity index (χ1n) is 12.0. The van der Waals surface area contributed by atoms with Gasteiger partial charge in [0.05, 0.1) is 18.2 Å². The van der Waals surface area contributed by atoms with Crippen LogP contribution in [0, 0.1) is 13.8 Å². The second-order valence-electron chi connectivity index (χ2n) is 9.32. The summed E-state index contributed by atoms with van der Waals surface area (Å²) < 4.78 is 11.3. The Morgan fingerprint density at radius 1 is 0.974 bits per heavy atom. The summed E-state index contributed by atoms with van der Waals surface area (Å²) >= 11 is 5.90. The third-order valence-electron chi connectivity index (χ3n) is 6.67. The monoisotopic (exact) mass is 529 g/mol. The number of amides is 1. The van der Waals surface area contributed by atoms with Gasteiger partial charge in [0.25, 0.3) is 0 Å². The average molecular weight is 530 g/mol. The van der Waals surface area contributed by atoms with E-state index in [0.29, 0.717) is 32.7 Å². The second kappa shape index (κ2) is 10.2. The van der Waals surface area contributed by atoms with Crippen molar-refractivity contribution in [2.45, 2.75) is 32.7 Å². The molecule has 38 heavy (non-hydrogen) atoms. The lowest BCUT2D eigenvalue weighted by atomic mass is 9.99. The van der Waals surface area contributed by atoms with Crippen LogP contribution in [0.1, 0.15) is 22.3 Å². The van der Waals surface area contributed by atoms with Crippen LogP contribution in [0.2, 0.25) is 5.02 Å². The van der Waals surface area contributed by atoms with Crippen molar-refractivity contribution in [1.29, 1.82) is 0 Å². The zero-order chi connectivity index (χ0) is 27.0. The maximum atomic E-state index is 12.9. The van der Waals surface area contributed by atoms with Gasteiger partial charge in [-0.05, 0) is 48.7 Å². The first-order valence-corrected chi connectivity index (χ1v) is 12.4. The number of hydrogen-bond donors (Lipinski definition) is 2. The number of halogens is 1. The smallest absolute Gasteiger partial charge is 0.340 e. The molecule has 0 fully saturated rings. The van der Waals surface area contributed by atoms with Crippen LogP contribution in [0.5, 0.6) is 0 Å².